The van der Waals surface area contributed by atoms with Gasteiger partial charge in [0.15, 0.2) is 0 Å². The molecule has 5 rings (SSSR count). The van der Waals surface area contributed by atoms with Crippen molar-refractivity contribution in [2.45, 2.75) is 6.54 Å². The molecule has 5 nitrogen and oxygen atoms in total. The smallest absolute Gasteiger partial charge is 0.282 e. The van der Waals surface area contributed by atoms with E-state index in [9.17, 15) is 9.18 Å². The first kappa shape index (κ1) is 18.1. The van der Waals surface area contributed by atoms with Gasteiger partial charge in [-0.15, -0.1) is 0 Å². The number of halogens is 1. The average Bonchev–Trinajstić information content (AvgIpc) is 3.11. The fourth-order valence-corrected chi connectivity index (χ4v) is 3.72. The minimum Gasteiger partial charge on any atom is -0.497 e. The lowest BCUT2D eigenvalue weighted by Crippen LogP contribution is -2.16. The van der Waals surface area contributed by atoms with Gasteiger partial charge in [0.1, 0.15) is 22.9 Å². The van der Waals surface area contributed by atoms with Crippen molar-refractivity contribution in [2.24, 2.45) is 0 Å². The average molecular weight is 399 g/mol. The van der Waals surface area contributed by atoms with Crippen molar-refractivity contribution in [1.29, 1.82) is 0 Å². The Morgan fingerprint density at radius 1 is 0.967 bits per heavy atom. The Labute approximate surface area is 171 Å². The summed E-state index contributed by atoms with van der Waals surface area (Å²) in [6.45, 7) is 0.574. The second kappa shape index (κ2) is 7.15. The Morgan fingerprint density at radius 2 is 1.70 bits per heavy atom. The van der Waals surface area contributed by atoms with Crippen LogP contribution in [0.1, 0.15) is 5.56 Å². The van der Waals surface area contributed by atoms with Gasteiger partial charge in [0.05, 0.1) is 18.2 Å². The summed E-state index contributed by atoms with van der Waals surface area (Å²) < 4.78 is 22.7. The second-order valence-electron chi connectivity index (χ2n) is 7.05. The third-order valence-electron chi connectivity index (χ3n) is 5.22. The number of nitrogens with zero attached hydrogens (tertiary/aromatic N) is 3. The van der Waals surface area contributed by atoms with Gasteiger partial charge in [-0.25, -0.2) is 4.39 Å². The van der Waals surface area contributed by atoms with Gasteiger partial charge < -0.3 is 9.30 Å². The van der Waals surface area contributed by atoms with Crippen LogP contribution < -0.4 is 10.3 Å². The number of ether oxygens (including phenoxy) is 1. The zero-order valence-corrected chi connectivity index (χ0v) is 16.2. The van der Waals surface area contributed by atoms with E-state index < -0.39 is 5.82 Å². The third kappa shape index (κ3) is 2.93. The molecule has 30 heavy (non-hydrogen) atoms. The Bertz CT molecular complexity index is 1390. The van der Waals surface area contributed by atoms with Crippen molar-refractivity contribution in [3.63, 3.8) is 0 Å². The molecule has 0 aromatic heterocycles. The Balaban J connectivity index is 1.72. The van der Waals surface area contributed by atoms with Gasteiger partial charge in [-0.3, -0.25) is 4.79 Å². The van der Waals surface area contributed by atoms with E-state index in [-0.39, 0.29) is 11.2 Å². The molecule has 0 saturated carbocycles. The summed E-state index contributed by atoms with van der Waals surface area (Å²) in [4.78, 5) is 13.1. The molecule has 0 atom stereocenters. The SMILES string of the molecule is COc1ccc(Cn2cc3c(=O)n(-c4ccccc4F)nc-3c3ccccc32)cc1. The maximum Gasteiger partial charge on any atom is 0.282 e. The number of benzene rings is 3. The first-order valence-electron chi connectivity index (χ1n) is 9.54. The normalized spacial score (nSPS) is 11.3. The maximum absolute atomic E-state index is 14.3. The van der Waals surface area contributed by atoms with E-state index in [1.807, 2.05) is 53.1 Å². The van der Waals surface area contributed by atoms with Crippen LogP contribution in [0.2, 0.25) is 0 Å². The van der Waals surface area contributed by atoms with Crippen LogP contribution >= 0.6 is 0 Å². The topological polar surface area (TPSA) is 49.0 Å². The molecule has 0 bridgehead atoms. The van der Waals surface area contributed by atoms with Crippen molar-refractivity contribution < 1.29 is 9.13 Å². The van der Waals surface area contributed by atoms with Crippen LogP contribution in [-0.2, 0) is 6.54 Å². The summed E-state index contributed by atoms with van der Waals surface area (Å²) in [5.41, 5.74) is 2.82. The van der Waals surface area contributed by atoms with Crippen LogP contribution in [0.15, 0.2) is 83.8 Å². The summed E-state index contributed by atoms with van der Waals surface area (Å²) in [5.74, 6) is 0.301. The summed E-state index contributed by atoms with van der Waals surface area (Å²) >= 11 is 0. The van der Waals surface area contributed by atoms with Gasteiger partial charge in [-0.2, -0.15) is 9.78 Å². The molecule has 3 aromatic rings. The highest BCUT2D eigenvalue weighted by molar-refractivity contribution is 5.93. The second-order valence-corrected chi connectivity index (χ2v) is 7.05. The first-order chi connectivity index (χ1) is 14.7. The quantitative estimate of drug-likeness (QED) is 0.447. The number of para-hydroxylation sites is 2. The fourth-order valence-electron chi connectivity index (χ4n) is 3.72. The highest BCUT2D eigenvalue weighted by Gasteiger charge is 2.21. The molecular weight excluding hydrogens is 381 g/mol. The van der Waals surface area contributed by atoms with Crippen molar-refractivity contribution in [3.05, 3.63) is 101 Å². The molecule has 3 aromatic carbocycles. The van der Waals surface area contributed by atoms with Crippen LogP contribution in [0, 0.1) is 5.82 Å². The summed E-state index contributed by atoms with van der Waals surface area (Å²) in [6.07, 6.45) is 1.80. The molecule has 0 fully saturated rings. The number of hydrogen-bond acceptors (Lipinski definition) is 3. The monoisotopic (exact) mass is 399 g/mol. The zero-order valence-electron chi connectivity index (χ0n) is 16.2. The van der Waals surface area contributed by atoms with E-state index in [0.29, 0.717) is 17.8 Å². The maximum atomic E-state index is 14.3. The van der Waals surface area contributed by atoms with Crippen molar-refractivity contribution in [3.8, 4) is 22.7 Å². The van der Waals surface area contributed by atoms with E-state index in [0.717, 1.165) is 26.9 Å². The van der Waals surface area contributed by atoms with Gasteiger partial charge in [0.25, 0.3) is 5.56 Å². The lowest BCUT2D eigenvalue weighted by atomic mass is 10.1. The highest BCUT2D eigenvalue weighted by atomic mass is 19.1. The molecule has 148 valence electrons. The molecule has 0 spiro atoms. The summed E-state index contributed by atoms with van der Waals surface area (Å²) in [5, 5.41) is 5.32. The van der Waals surface area contributed by atoms with Crippen molar-refractivity contribution >= 4 is 10.9 Å². The lowest BCUT2D eigenvalue weighted by Gasteiger charge is -2.14. The Kier molecular flexibility index (Phi) is 4.32. The molecule has 0 N–H and O–H groups in total. The van der Waals surface area contributed by atoms with Crippen LogP contribution in [0.5, 0.6) is 5.75 Å². The van der Waals surface area contributed by atoms with Gasteiger partial charge >= 0.3 is 0 Å². The molecule has 0 unspecified atom stereocenters. The number of pyridine rings is 1. The van der Waals surface area contributed by atoms with Crippen LogP contribution in [0.3, 0.4) is 0 Å². The highest BCUT2D eigenvalue weighted by Crippen LogP contribution is 2.29. The zero-order chi connectivity index (χ0) is 20.7. The molecule has 2 aliphatic rings. The fraction of sp³-hybridized carbons (Fsp3) is 0.0833. The first-order valence-corrected chi connectivity index (χ1v) is 9.54. The molecule has 0 radical (unpaired) electrons. The van der Waals surface area contributed by atoms with Crippen LogP contribution in [0.25, 0.3) is 27.8 Å². The molecule has 2 heterocycles. The Hall–Kier alpha value is -3.93. The minimum atomic E-state index is -0.488. The number of methoxy groups -OCH3 is 1. The third-order valence-corrected chi connectivity index (χ3v) is 5.22. The van der Waals surface area contributed by atoms with E-state index >= 15 is 0 Å². The van der Waals surface area contributed by atoms with E-state index in [1.165, 1.54) is 6.07 Å². The molecule has 6 heteroatoms. The van der Waals surface area contributed by atoms with Crippen molar-refractivity contribution in [2.75, 3.05) is 7.11 Å². The predicted molar refractivity (Wildman–Crippen MR) is 114 cm³/mol. The van der Waals surface area contributed by atoms with E-state index in [4.69, 9.17) is 4.74 Å². The number of rotatable bonds is 4. The molecule has 2 aliphatic heterocycles. The van der Waals surface area contributed by atoms with Crippen LogP contribution in [0.4, 0.5) is 4.39 Å². The van der Waals surface area contributed by atoms with Gasteiger partial charge in [-0.1, -0.05) is 42.5 Å². The molecule has 0 aliphatic carbocycles. The Morgan fingerprint density at radius 3 is 2.47 bits per heavy atom. The van der Waals surface area contributed by atoms with Crippen molar-refractivity contribution in [1.82, 2.24) is 14.3 Å². The summed E-state index contributed by atoms with van der Waals surface area (Å²) in [6, 6.07) is 21.7. The predicted octanol–water partition coefficient (Wildman–Crippen LogP) is 4.49. The number of aromatic nitrogens is 3. The molecular formula is C24H18FN3O2. The molecule has 0 amide bonds. The van der Waals surface area contributed by atoms with Gasteiger partial charge in [0, 0.05) is 18.1 Å². The van der Waals surface area contributed by atoms with Gasteiger partial charge in [0.2, 0.25) is 0 Å². The lowest BCUT2D eigenvalue weighted by molar-refractivity contribution is 0.414. The minimum absolute atomic E-state index is 0.143. The van der Waals surface area contributed by atoms with E-state index in [2.05, 4.69) is 5.10 Å². The summed E-state index contributed by atoms with van der Waals surface area (Å²) in [7, 11) is 1.63. The van der Waals surface area contributed by atoms with E-state index in [1.54, 1.807) is 31.5 Å². The molecule has 0 saturated heterocycles. The number of fused-ring (bicyclic) bond motifs is 3. The van der Waals surface area contributed by atoms with Gasteiger partial charge in [-0.05, 0) is 35.9 Å². The number of hydrogen-bond donors (Lipinski definition) is 0. The largest absolute Gasteiger partial charge is 0.497 e. The standard InChI is InChI=1S/C24H18FN3O2/c1-30-17-12-10-16(11-13-17)14-27-15-19-23(18-6-2-4-8-21(18)27)26-28(24(19)29)22-9-5-3-7-20(22)25/h2-13,15H,14H2,1H3. The van der Waals surface area contributed by atoms with Crippen LogP contribution in [-0.4, -0.2) is 21.5 Å².